The molecule has 0 spiro atoms. The number of allylic oxidation sites excluding steroid dienone is 4. The molecule has 3 heterocycles. The average molecular weight is 696 g/mol. The molecule has 2 aliphatic heterocycles. The van der Waals surface area contributed by atoms with E-state index in [4.69, 9.17) is 28.4 Å². The summed E-state index contributed by atoms with van der Waals surface area (Å²) in [4.78, 5) is 49.1. The monoisotopic (exact) mass is 695 g/mol. The van der Waals surface area contributed by atoms with Crippen molar-refractivity contribution in [2.24, 2.45) is 35.5 Å². The van der Waals surface area contributed by atoms with Crippen LogP contribution in [0.5, 0.6) is 0 Å². The van der Waals surface area contributed by atoms with Gasteiger partial charge in [0.1, 0.15) is 36.4 Å². The molecular weight excluding hydrogens is 642 g/mol. The lowest BCUT2D eigenvalue weighted by Gasteiger charge is -2.44. The minimum absolute atomic E-state index is 0.0104. The highest BCUT2D eigenvalue weighted by Gasteiger charge is 2.52. The second-order valence-corrected chi connectivity index (χ2v) is 14.6. The molecule has 1 aromatic heterocycles. The standard InChI is InChI=1S/C38H53N3O9/c1-7-23-9-8-10-30(41-37(44)31-13-14-39-19-40-31)20(2)33(43)29-17-27-25(28(29)18-32(42)49-23)12-11-22-15-24(16-26(22)27)50-38-36(47-6)35(46-5)34(45-4)21(3)48-38/h11-14,17,19-28,30,34-36,38H,7-10,15-16,18H2,1-6H3,(H,41,44)/t20-,21+,22-,23+,24-,25-,26-,27-,28+,30+,34+,35-,36+,38+/m1/s1. The van der Waals surface area contributed by atoms with Gasteiger partial charge in [-0.15, -0.1) is 0 Å². The molecule has 3 aliphatic carbocycles. The Morgan fingerprint density at radius 2 is 1.78 bits per heavy atom. The number of fused-ring (bicyclic) bond motifs is 5. The summed E-state index contributed by atoms with van der Waals surface area (Å²) in [6.45, 7) is 5.86. The first kappa shape index (κ1) is 36.8. The van der Waals surface area contributed by atoms with E-state index in [1.807, 2.05) is 20.8 Å². The first-order valence-corrected chi connectivity index (χ1v) is 18.3. The molecule has 50 heavy (non-hydrogen) atoms. The topological polar surface area (TPSA) is 144 Å². The summed E-state index contributed by atoms with van der Waals surface area (Å²) in [6.07, 6.45) is 11.6. The SMILES string of the molecule is CC[C@H]1CCC[C@H](NC(=O)c2ccncn2)[C@@H](C)C(=O)C2=C[C@@H]3[C@@H](C=C[C@@H]4C[C@@H](O[C@@H]5O[C@@H](C)[C@H](OC)[C@@H](OC)[C@@H]5OC)C[C@@H]34)[C@@H]2CC(=O)O1. The summed E-state index contributed by atoms with van der Waals surface area (Å²) in [5.41, 5.74) is 0.928. The fraction of sp³-hybridized carbons (Fsp3) is 0.711. The van der Waals surface area contributed by atoms with Gasteiger partial charge in [-0.1, -0.05) is 32.1 Å². The average Bonchev–Trinajstić information content (AvgIpc) is 3.70. The fourth-order valence-electron chi connectivity index (χ4n) is 9.20. The van der Waals surface area contributed by atoms with Gasteiger partial charge in [0, 0.05) is 45.4 Å². The largest absolute Gasteiger partial charge is 0.462 e. The summed E-state index contributed by atoms with van der Waals surface area (Å²) in [5.74, 6) is -0.876. The van der Waals surface area contributed by atoms with Crippen LogP contribution in [0.25, 0.3) is 0 Å². The number of cyclic esters (lactones) is 1. The number of nitrogens with one attached hydrogen (secondary N) is 1. The third-order valence-corrected chi connectivity index (χ3v) is 11.9. The van der Waals surface area contributed by atoms with Crippen molar-refractivity contribution in [3.05, 3.63) is 48.1 Å². The molecule has 274 valence electrons. The summed E-state index contributed by atoms with van der Waals surface area (Å²) >= 11 is 0. The zero-order chi connectivity index (χ0) is 35.5. The molecule has 12 nitrogen and oxygen atoms in total. The van der Waals surface area contributed by atoms with Crippen molar-refractivity contribution in [3.8, 4) is 0 Å². The third kappa shape index (κ3) is 7.46. The molecule has 1 aromatic rings. The van der Waals surface area contributed by atoms with Gasteiger partial charge in [-0.3, -0.25) is 14.4 Å². The maximum Gasteiger partial charge on any atom is 0.306 e. The van der Waals surface area contributed by atoms with E-state index in [1.165, 1.54) is 12.5 Å². The number of carbonyl (C=O) groups excluding carboxylic acids is 3. The number of nitrogens with zero attached hydrogens (tertiary/aromatic N) is 2. The zero-order valence-corrected chi connectivity index (χ0v) is 30.1. The molecule has 1 amide bonds. The van der Waals surface area contributed by atoms with E-state index in [9.17, 15) is 14.4 Å². The lowest BCUT2D eigenvalue weighted by Crippen LogP contribution is -2.59. The van der Waals surface area contributed by atoms with E-state index in [-0.39, 0.29) is 89.9 Å². The number of rotatable bonds is 8. The summed E-state index contributed by atoms with van der Waals surface area (Å²) in [5, 5.41) is 3.10. The van der Waals surface area contributed by atoms with Crippen LogP contribution in [0.15, 0.2) is 42.4 Å². The number of Topliss-reactive ketones (excluding diaryl/α,β-unsaturated/α-hetero) is 1. The van der Waals surface area contributed by atoms with Gasteiger partial charge in [0.05, 0.1) is 18.6 Å². The smallest absolute Gasteiger partial charge is 0.306 e. The lowest BCUT2D eigenvalue weighted by atomic mass is 9.70. The molecule has 0 bridgehead atoms. The van der Waals surface area contributed by atoms with Crippen LogP contribution in [-0.2, 0) is 38.0 Å². The zero-order valence-electron chi connectivity index (χ0n) is 30.1. The van der Waals surface area contributed by atoms with Crippen molar-refractivity contribution < 1.29 is 42.8 Å². The maximum absolute atomic E-state index is 14.5. The van der Waals surface area contributed by atoms with Crippen LogP contribution in [-0.4, -0.2) is 97.9 Å². The second-order valence-electron chi connectivity index (χ2n) is 14.6. The van der Waals surface area contributed by atoms with E-state index in [1.54, 1.807) is 27.4 Å². The molecule has 3 fully saturated rings. The van der Waals surface area contributed by atoms with Gasteiger partial charge in [-0.05, 0) is 80.8 Å². The molecule has 1 N–H and O–H groups in total. The van der Waals surface area contributed by atoms with Crippen molar-refractivity contribution in [1.29, 1.82) is 0 Å². The van der Waals surface area contributed by atoms with Crippen molar-refractivity contribution in [3.63, 3.8) is 0 Å². The van der Waals surface area contributed by atoms with Gasteiger partial charge in [0.15, 0.2) is 12.1 Å². The number of carbonyl (C=O) groups is 3. The summed E-state index contributed by atoms with van der Waals surface area (Å²) in [7, 11) is 4.92. The van der Waals surface area contributed by atoms with Crippen molar-refractivity contribution >= 4 is 17.7 Å². The highest BCUT2D eigenvalue weighted by atomic mass is 16.7. The molecule has 5 aliphatic rings. The lowest BCUT2D eigenvalue weighted by molar-refractivity contribution is -0.314. The number of amides is 1. The number of aromatic nitrogens is 2. The Bertz CT molecular complexity index is 1420. The Hall–Kier alpha value is -3.03. The maximum atomic E-state index is 14.5. The van der Waals surface area contributed by atoms with Gasteiger partial charge in [-0.25, -0.2) is 9.97 Å². The second kappa shape index (κ2) is 16.1. The van der Waals surface area contributed by atoms with E-state index >= 15 is 0 Å². The molecule has 0 aromatic carbocycles. The Kier molecular flexibility index (Phi) is 11.8. The van der Waals surface area contributed by atoms with Crippen molar-refractivity contribution in [2.45, 2.75) is 115 Å². The first-order chi connectivity index (χ1) is 24.2. The fourth-order valence-corrected chi connectivity index (χ4v) is 9.20. The molecule has 6 rings (SSSR count). The third-order valence-electron chi connectivity index (χ3n) is 11.9. The van der Waals surface area contributed by atoms with Gasteiger partial charge in [0.25, 0.3) is 5.91 Å². The number of methoxy groups -OCH3 is 3. The van der Waals surface area contributed by atoms with E-state index in [2.05, 4.69) is 33.5 Å². The van der Waals surface area contributed by atoms with Gasteiger partial charge < -0.3 is 33.7 Å². The predicted molar refractivity (Wildman–Crippen MR) is 182 cm³/mol. The number of ketones is 1. The Balaban J connectivity index is 1.23. The normalized spacial score (nSPS) is 40.4. The highest BCUT2D eigenvalue weighted by molar-refractivity contribution is 6.00. The molecule has 0 radical (unpaired) electrons. The molecule has 12 heteroatoms. The Morgan fingerprint density at radius 1 is 1.00 bits per heavy atom. The Labute approximate surface area is 295 Å². The van der Waals surface area contributed by atoms with Crippen LogP contribution in [0.1, 0.15) is 76.2 Å². The Morgan fingerprint density at radius 3 is 2.48 bits per heavy atom. The van der Waals surface area contributed by atoms with Crippen LogP contribution in [0.3, 0.4) is 0 Å². The van der Waals surface area contributed by atoms with Gasteiger partial charge in [0.2, 0.25) is 0 Å². The van der Waals surface area contributed by atoms with Gasteiger partial charge >= 0.3 is 5.97 Å². The van der Waals surface area contributed by atoms with E-state index < -0.39 is 24.4 Å². The van der Waals surface area contributed by atoms with Crippen molar-refractivity contribution in [2.75, 3.05) is 21.3 Å². The van der Waals surface area contributed by atoms with E-state index in [0.717, 1.165) is 12.8 Å². The molecule has 14 atom stereocenters. The number of hydrogen-bond donors (Lipinski definition) is 1. The number of esters is 1. The van der Waals surface area contributed by atoms with Crippen LogP contribution < -0.4 is 5.32 Å². The quantitative estimate of drug-likeness (QED) is 0.308. The minimum atomic E-state index is -0.619. The highest BCUT2D eigenvalue weighted by Crippen LogP contribution is 2.54. The van der Waals surface area contributed by atoms with Crippen LogP contribution in [0, 0.1) is 35.5 Å². The minimum Gasteiger partial charge on any atom is -0.462 e. The molecule has 2 saturated heterocycles. The van der Waals surface area contributed by atoms with Crippen LogP contribution in [0.2, 0.25) is 0 Å². The van der Waals surface area contributed by atoms with Crippen LogP contribution >= 0.6 is 0 Å². The summed E-state index contributed by atoms with van der Waals surface area (Å²) < 4.78 is 36.2. The number of ether oxygens (including phenoxy) is 6. The summed E-state index contributed by atoms with van der Waals surface area (Å²) in [6, 6.07) is 1.16. The van der Waals surface area contributed by atoms with Gasteiger partial charge in [-0.2, -0.15) is 0 Å². The van der Waals surface area contributed by atoms with Crippen molar-refractivity contribution in [1.82, 2.24) is 15.3 Å². The number of hydrogen-bond acceptors (Lipinski definition) is 11. The van der Waals surface area contributed by atoms with E-state index in [0.29, 0.717) is 31.3 Å². The molecule has 0 unspecified atom stereocenters. The molecule has 1 saturated carbocycles. The van der Waals surface area contributed by atoms with Crippen LogP contribution in [0.4, 0.5) is 0 Å². The predicted octanol–water partition coefficient (Wildman–Crippen LogP) is 4.24. The molecular formula is C38H53N3O9. The first-order valence-electron chi connectivity index (χ1n) is 18.3.